The second-order valence-electron chi connectivity index (χ2n) is 2.44. The van der Waals surface area contributed by atoms with Crippen LogP contribution in [0.5, 0.6) is 0 Å². The molecule has 0 aliphatic heterocycles. The Morgan fingerprint density at radius 1 is 1.46 bits per heavy atom. The highest BCUT2D eigenvalue weighted by Gasteiger charge is 2.06. The van der Waals surface area contributed by atoms with E-state index in [9.17, 15) is 8.78 Å². The lowest BCUT2D eigenvalue weighted by atomic mass is 10.1. The van der Waals surface area contributed by atoms with Gasteiger partial charge in [-0.25, -0.2) is 8.78 Å². The van der Waals surface area contributed by atoms with Crippen molar-refractivity contribution < 1.29 is 8.78 Å². The average molecular weight is 179 g/mol. The lowest BCUT2D eigenvalue weighted by Gasteiger charge is -1.99. The van der Waals surface area contributed by atoms with Gasteiger partial charge >= 0.3 is 0 Å². The van der Waals surface area contributed by atoms with Crippen LogP contribution in [0.2, 0.25) is 0 Å². The number of nitriles is 1. The first-order valence-electron chi connectivity index (χ1n) is 3.71. The van der Waals surface area contributed by atoms with Crippen LogP contribution in [-0.2, 0) is 0 Å². The number of allylic oxidation sites excluding steroid dienone is 2. The van der Waals surface area contributed by atoms with Crippen LogP contribution in [0.4, 0.5) is 8.78 Å². The minimum absolute atomic E-state index is 0.131. The maximum Gasteiger partial charge on any atom is 0.134 e. The molecular weight excluding hydrogens is 172 g/mol. The summed E-state index contributed by atoms with van der Waals surface area (Å²) in [6, 6.07) is 4.96. The average Bonchev–Trinajstić information content (AvgIpc) is 2.10. The Morgan fingerprint density at radius 3 is 2.62 bits per heavy atom. The molecule has 1 aromatic rings. The lowest BCUT2D eigenvalue weighted by Crippen LogP contribution is -1.88. The first-order valence-corrected chi connectivity index (χ1v) is 3.71. The highest BCUT2D eigenvalue weighted by atomic mass is 19.1. The number of halogens is 2. The number of benzene rings is 1. The molecule has 3 heteroatoms. The summed E-state index contributed by atoms with van der Waals surface area (Å²) in [5.41, 5.74) is 0.337. The molecule has 66 valence electrons. The molecule has 0 atom stereocenters. The first kappa shape index (κ1) is 9.40. The van der Waals surface area contributed by atoms with Gasteiger partial charge in [-0.1, -0.05) is 6.08 Å². The summed E-state index contributed by atoms with van der Waals surface area (Å²) in [5.74, 6) is -1.36. The molecule has 0 aromatic heterocycles. The van der Waals surface area contributed by atoms with E-state index in [2.05, 4.69) is 0 Å². The second-order valence-corrected chi connectivity index (χ2v) is 2.44. The zero-order chi connectivity index (χ0) is 9.84. The Hall–Kier alpha value is -1.69. The van der Waals surface area contributed by atoms with Crippen molar-refractivity contribution in [3.63, 3.8) is 0 Å². The van der Waals surface area contributed by atoms with Crippen LogP contribution >= 0.6 is 0 Å². The molecule has 0 fully saturated rings. The van der Waals surface area contributed by atoms with Gasteiger partial charge in [0.05, 0.1) is 11.6 Å². The van der Waals surface area contributed by atoms with Crippen LogP contribution in [0.25, 0.3) is 5.57 Å². The van der Waals surface area contributed by atoms with Crippen molar-refractivity contribution in [1.29, 1.82) is 5.26 Å². The van der Waals surface area contributed by atoms with Gasteiger partial charge < -0.3 is 0 Å². The maximum atomic E-state index is 13.0. The summed E-state index contributed by atoms with van der Waals surface area (Å²) >= 11 is 0. The van der Waals surface area contributed by atoms with E-state index >= 15 is 0 Å². The van der Waals surface area contributed by atoms with Crippen LogP contribution in [0.3, 0.4) is 0 Å². The van der Waals surface area contributed by atoms with Gasteiger partial charge in [-0.2, -0.15) is 5.26 Å². The van der Waals surface area contributed by atoms with Crippen molar-refractivity contribution in [2.75, 3.05) is 0 Å². The van der Waals surface area contributed by atoms with Gasteiger partial charge in [-0.15, -0.1) is 0 Å². The van der Waals surface area contributed by atoms with E-state index < -0.39 is 11.6 Å². The predicted octanol–water partition coefficient (Wildman–Crippen LogP) is 2.89. The molecule has 0 saturated heterocycles. The summed E-state index contributed by atoms with van der Waals surface area (Å²) in [4.78, 5) is 0. The van der Waals surface area contributed by atoms with E-state index in [-0.39, 0.29) is 11.1 Å². The van der Waals surface area contributed by atoms with Crippen molar-refractivity contribution in [2.24, 2.45) is 0 Å². The molecular formula is C10H7F2N. The summed E-state index contributed by atoms with van der Waals surface area (Å²) in [7, 11) is 0. The van der Waals surface area contributed by atoms with Crippen molar-refractivity contribution in [2.45, 2.75) is 6.92 Å². The Morgan fingerprint density at radius 2 is 2.15 bits per heavy atom. The van der Waals surface area contributed by atoms with E-state index in [0.717, 1.165) is 12.1 Å². The Labute approximate surface area is 74.9 Å². The lowest BCUT2D eigenvalue weighted by molar-refractivity contribution is 0.581. The third-order valence-electron chi connectivity index (χ3n) is 1.63. The second kappa shape index (κ2) is 3.81. The maximum absolute atomic E-state index is 13.0. The molecule has 13 heavy (non-hydrogen) atoms. The minimum atomic E-state index is -0.713. The van der Waals surface area contributed by atoms with Crippen molar-refractivity contribution >= 4 is 5.57 Å². The first-order chi connectivity index (χ1) is 6.19. The minimum Gasteiger partial charge on any atom is -0.207 e. The zero-order valence-electron chi connectivity index (χ0n) is 7.01. The molecule has 0 aliphatic carbocycles. The molecule has 0 bridgehead atoms. The molecule has 1 rings (SSSR count). The Balaban J connectivity index is 3.25. The number of rotatable bonds is 1. The van der Waals surface area contributed by atoms with Gasteiger partial charge in [0.25, 0.3) is 0 Å². The highest BCUT2D eigenvalue weighted by molar-refractivity contribution is 5.76. The zero-order valence-corrected chi connectivity index (χ0v) is 7.01. The van der Waals surface area contributed by atoms with Crippen LogP contribution in [0, 0.1) is 23.0 Å². The molecule has 0 N–H and O–H groups in total. The van der Waals surface area contributed by atoms with Gasteiger partial charge in [0.1, 0.15) is 11.6 Å². The van der Waals surface area contributed by atoms with Gasteiger partial charge in [0.15, 0.2) is 0 Å². The third-order valence-corrected chi connectivity index (χ3v) is 1.63. The van der Waals surface area contributed by atoms with E-state index in [0.29, 0.717) is 0 Å². The molecule has 1 nitrogen and oxygen atoms in total. The number of hydrogen-bond donors (Lipinski definition) is 0. The largest absolute Gasteiger partial charge is 0.207 e. The molecule has 0 radical (unpaired) electrons. The van der Waals surface area contributed by atoms with Crippen LogP contribution in [0.15, 0.2) is 24.3 Å². The predicted molar refractivity (Wildman–Crippen MR) is 45.6 cm³/mol. The van der Waals surface area contributed by atoms with Crippen LogP contribution < -0.4 is 0 Å². The topological polar surface area (TPSA) is 23.8 Å². The smallest absolute Gasteiger partial charge is 0.134 e. The van der Waals surface area contributed by atoms with Gasteiger partial charge in [-0.3, -0.25) is 0 Å². The van der Waals surface area contributed by atoms with E-state index in [1.54, 1.807) is 6.92 Å². The summed E-state index contributed by atoms with van der Waals surface area (Å²) in [6.45, 7) is 1.63. The number of hydrogen-bond acceptors (Lipinski definition) is 1. The molecule has 0 heterocycles. The molecule has 0 spiro atoms. The van der Waals surface area contributed by atoms with E-state index in [1.165, 1.54) is 12.1 Å². The summed E-state index contributed by atoms with van der Waals surface area (Å²) in [6.07, 6.45) is 1.48. The van der Waals surface area contributed by atoms with Gasteiger partial charge in [0.2, 0.25) is 0 Å². The number of nitrogens with zero attached hydrogens (tertiary/aromatic N) is 1. The van der Waals surface area contributed by atoms with Crippen molar-refractivity contribution in [1.82, 2.24) is 0 Å². The molecule has 0 amide bonds. The SMILES string of the molecule is CC=C(C#N)c1ccc(F)cc1F. The molecule has 1 aromatic carbocycles. The van der Waals surface area contributed by atoms with Crippen LogP contribution in [-0.4, -0.2) is 0 Å². The normalized spacial score (nSPS) is 11.1. The van der Waals surface area contributed by atoms with Crippen molar-refractivity contribution in [3.05, 3.63) is 41.5 Å². The van der Waals surface area contributed by atoms with E-state index in [1.807, 2.05) is 6.07 Å². The molecule has 0 aliphatic rings. The van der Waals surface area contributed by atoms with Crippen LogP contribution in [0.1, 0.15) is 12.5 Å². The molecule has 0 unspecified atom stereocenters. The monoisotopic (exact) mass is 179 g/mol. The quantitative estimate of drug-likeness (QED) is 0.608. The Bertz CT molecular complexity index is 388. The summed E-state index contributed by atoms with van der Waals surface area (Å²) in [5, 5.41) is 8.59. The fourth-order valence-corrected chi connectivity index (χ4v) is 0.988. The standard InChI is InChI=1S/C10H7F2N/c1-2-7(6-13)9-4-3-8(11)5-10(9)12/h2-5H,1H3. The van der Waals surface area contributed by atoms with Crippen molar-refractivity contribution in [3.8, 4) is 6.07 Å². The third kappa shape index (κ3) is 1.91. The fraction of sp³-hybridized carbons (Fsp3) is 0.100. The Kier molecular flexibility index (Phi) is 2.76. The highest BCUT2D eigenvalue weighted by Crippen LogP contribution is 2.18. The van der Waals surface area contributed by atoms with E-state index in [4.69, 9.17) is 5.26 Å². The fourth-order valence-electron chi connectivity index (χ4n) is 0.988. The van der Waals surface area contributed by atoms with Gasteiger partial charge in [-0.05, 0) is 19.1 Å². The van der Waals surface area contributed by atoms with Gasteiger partial charge in [0, 0.05) is 11.6 Å². The molecule has 0 saturated carbocycles. The summed E-state index contributed by atoms with van der Waals surface area (Å²) < 4.78 is 25.5.